The summed E-state index contributed by atoms with van der Waals surface area (Å²) in [6.45, 7) is 24.6. The van der Waals surface area contributed by atoms with Crippen molar-refractivity contribution < 1.29 is 48.1 Å². The highest BCUT2D eigenvalue weighted by Gasteiger charge is 2.70. The molecular formula is C69H102N4O10. The van der Waals surface area contributed by atoms with Crippen LogP contribution in [0.5, 0.6) is 0 Å². The summed E-state index contributed by atoms with van der Waals surface area (Å²) >= 11 is 0. The van der Waals surface area contributed by atoms with Crippen molar-refractivity contribution in [2.24, 2.45) is 91.7 Å². The number of ether oxygens (including phenoxy) is 3. The third-order valence-electron chi connectivity index (χ3n) is 24.9. The number of methoxy groups -OCH3 is 1. The third-order valence-corrected chi connectivity index (χ3v) is 24.9. The Kier molecular flexibility index (Phi) is 18.5. The fourth-order valence-electron chi connectivity index (χ4n) is 19.3. The number of hydrogen-bond acceptors (Lipinski definition) is 12. The van der Waals surface area contributed by atoms with E-state index in [1.807, 2.05) is 50.5 Å². The molecule has 6 aliphatic carbocycles. The molecule has 4 amide bonds. The van der Waals surface area contributed by atoms with E-state index in [4.69, 9.17) is 14.2 Å². The average Bonchev–Trinajstić information content (AvgIpc) is 3.39. The molecule has 4 bridgehead atoms. The van der Waals surface area contributed by atoms with E-state index in [2.05, 4.69) is 114 Å². The van der Waals surface area contributed by atoms with E-state index in [9.17, 15) is 33.9 Å². The van der Waals surface area contributed by atoms with Crippen LogP contribution in [0.1, 0.15) is 157 Å². The molecule has 4 unspecified atom stereocenters. The molecule has 83 heavy (non-hydrogen) atoms. The van der Waals surface area contributed by atoms with Gasteiger partial charge in [-0.1, -0.05) is 130 Å². The minimum absolute atomic E-state index is 0.000832. The van der Waals surface area contributed by atoms with Crippen LogP contribution in [-0.4, -0.2) is 122 Å². The lowest BCUT2D eigenvalue weighted by Gasteiger charge is -2.62. The Labute approximate surface area is 496 Å². The minimum Gasteiger partial charge on any atom is -0.445 e. The van der Waals surface area contributed by atoms with Crippen molar-refractivity contribution in [3.8, 4) is 0 Å². The number of ketones is 2. The van der Waals surface area contributed by atoms with Crippen molar-refractivity contribution in [2.75, 3.05) is 47.4 Å². The third kappa shape index (κ3) is 11.6. The number of carbonyl (C=O) groups excluding carboxylic acids is 6. The van der Waals surface area contributed by atoms with Gasteiger partial charge >= 0.3 is 12.2 Å². The molecule has 2 saturated heterocycles. The van der Waals surface area contributed by atoms with Gasteiger partial charge in [-0.15, -0.1) is 0 Å². The molecule has 20 atom stereocenters. The maximum Gasteiger partial charge on any atom is 0.414 e. The zero-order valence-electron chi connectivity index (χ0n) is 52.6. The topological polar surface area (TPSA) is 181 Å². The number of nitrogens with one attached hydrogen (secondary N) is 2. The summed E-state index contributed by atoms with van der Waals surface area (Å²) in [4.78, 5) is 86.4. The minimum atomic E-state index is -0.736. The van der Waals surface area contributed by atoms with Crippen LogP contribution in [0, 0.1) is 91.7 Å². The van der Waals surface area contributed by atoms with Crippen LogP contribution in [0.25, 0.3) is 0 Å². The zero-order chi connectivity index (χ0) is 60.2. The van der Waals surface area contributed by atoms with Gasteiger partial charge in [-0.25, -0.2) is 9.59 Å². The molecule has 0 radical (unpaired) electrons. The van der Waals surface area contributed by atoms with E-state index in [0.29, 0.717) is 45.2 Å². The maximum absolute atomic E-state index is 14.7. The van der Waals surface area contributed by atoms with Crippen LogP contribution in [-0.2, 0) is 46.2 Å². The number of rotatable bonds is 9. The molecule has 10 rings (SSSR count). The first-order chi connectivity index (χ1) is 39.2. The van der Waals surface area contributed by atoms with E-state index in [0.717, 1.165) is 82.0 Å². The molecule has 14 nitrogen and oxygen atoms in total. The largest absolute Gasteiger partial charge is 0.445 e. The number of aliphatic hydroxyl groups is 1. The molecule has 2 aliphatic heterocycles. The van der Waals surface area contributed by atoms with Gasteiger partial charge < -0.3 is 29.1 Å². The van der Waals surface area contributed by atoms with Crippen LogP contribution in [0.15, 0.2) is 60.7 Å². The van der Waals surface area contributed by atoms with E-state index in [1.165, 1.54) is 0 Å². The molecule has 2 aromatic rings. The smallest absolute Gasteiger partial charge is 0.414 e. The molecule has 0 aromatic heterocycles. The molecule has 0 spiro atoms. The number of alkyl carbamates (subject to hydrolysis) is 2. The summed E-state index contributed by atoms with van der Waals surface area (Å²) in [6, 6.07) is 20.3. The van der Waals surface area contributed by atoms with Gasteiger partial charge in [0.1, 0.15) is 23.8 Å². The first-order valence-corrected chi connectivity index (χ1v) is 31.9. The highest BCUT2D eigenvalue weighted by atomic mass is 16.6. The molecule has 458 valence electrons. The summed E-state index contributed by atoms with van der Waals surface area (Å²) in [5.41, 5.74) is -0.642. The van der Waals surface area contributed by atoms with Gasteiger partial charge in [0.15, 0.2) is 0 Å². The average molecular weight is 1150 g/mol. The summed E-state index contributed by atoms with van der Waals surface area (Å²) in [6.07, 6.45) is 7.48. The van der Waals surface area contributed by atoms with Crippen molar-refractivity contribution in [1.82, 2.24) is 20.4 Å². The van der Waals surface area contributed by atoms with Crippen molar-refractivity contribution in [1.29, 1.82) is 0 Å². The van der Waals surface area contributed by atoms with Crippen molar-refractivity contribution >= 4 is 35.6 Å². The van der Waals surface area contributed by atoms with Crippen LogP contribution in [0.2, 0.25) is 0 Å². The Bertz CT molecular complexity index is 2690. The van der Waals surface area contributed by atoms with Gasteiger partial charge in [0.2, 0.25) is 11.8 Å². The monoisotopic (exact) mass is 1150 g/mol. The fraction of sp³-hybridized carbons (Fsp3) is 0.739. The van der Waals surface area contributed by atoms with Crippen LogP contribution < -0.4 is 10.6 Å². The summed E-state index contributed by atoms with van der Waals surface area (Å²) in [5, 5.41) is 17.4. The Morgan fingerprint density at radius 1 is 0.627 bits per heavy atom. The summed E-state index contributed by atoms with van der Waals surface area (Å²) < 4.78 is 18.9. The first-order valence-electron chi connectivity index (χ1n) is 31.9. The van der Waals surface area contributed by atoms with Gasteiger partial charge in [-0.3, -0.25) is 29.8 Å². The lowest BCUT2D eigenvalue weighted by Crippen LogP contribution is -2.64. The lowest BCUT2D eigenvalue weighted by atomic mass is 9.43. The molecule has 14 heteroatoms. The second-order valence-corrected chi connectivity index (χ2v) is 29.6. The maximum atomic E-state index is 14.7. The second kappa shape index (κ2) is 24.3. The second-order valence-electron chi connectivity index (χ2n) is 29.6. The Morgan fingerprint density at radius 2 is 1.11 bits per heavy atom. The molecule has 3 N–H and O–H groups in total. The molecule has 2 aromatic carbocycles. The number of likely N-dealkylation sites (tertiary alicyclic amines) is 2. The number of carbonyl (C=O) groups is 6. The fourth-order valence-corrected chi connectivity index (χ4v) is 19.3. The van der Waals surface area contributed by atoms with E-state index < -0.39 is 52.2 Å². The van der Waals surface area contributed by atoms with Crippen LogP contribution >= 0.6 is 0 Å². The molecular weight excluding hydrogens is 1040 g/mol. The Hall–Kier alpha value is -4.50. The predicted molar refractivity (Wildman–Crippen MR) is 321 cm³/mol. The molecule has 6 saturated carbocycles. The van der Waals surface area contributed by atoms with Gasteiger partial charge in [0, 0.05) is 66.0 Å². The number of amides is 4. The SMILES string of the molecule is CO[C@@H]1CCC23CC[C@@H](C)[C@](C)(C12)[C@H](OC(=O)NC(=O)[C@H]1CN(C)CC[C@@H]1C)C[C@@](C)(Cc1ccccc1)C(=O)[C@@H]3C.C[C@@H]1CCC23CCC(=O)C2[C@]1(C)[C@H](OC(=O)NC(=O)[C@H]1CN(C)CC[C@@H]1C)C[C@@](C)(Cc1ccccc1)[C@@H](O)[C@@H]3C. The zero-order valence-corrected chi connectivity index (χ0v) is 52.6. The number of nitrogens with zero attached hydrogens (tertiary/aromatic N) is 2. The van der Waals surface area contributed by atoms with Gasteiger partial charge in [0.25, 0.3) is 0 Å². The number of Topliss-reactive ketones (excluding diaryl/α,β-unsaturated/α-hetero) is 2. The van der Waals surface area contributed by atoms with E-state index in [1.54, 1.807) is 7.11 Å². The quantitative estimate of drug-likeness (QED) is 0.217. The number of aliphatic hydroxyl groups excluding tert-OH is 1. The Morgan fingerprint density at radius 3 is 1.64 bits per heavy atom. The molecule has 2 heterocycles. The summed E-state index contributed by atoms with van der Waals surface area (Å²) in [5.74, 6) is -0.235. The first kappa shape index (κ1) is 63.0. The number of piperidine rings is 2. The van der Waals surface area contributed by atoms with Crippen LogP contribution in [0.3, 0.4) is 0 Å². The predicted octanol–water partition coefficient (Wildman–Crippen LogP) is 11.1. The summed E-state index contributed by atoms with van der Waals surface area (Å²) in [7, 11) is 5.78. The number of hydrogen-bond donors (Lipinski definition) is 3. The van der Waals surface area contributed by atoms with Crippen molar-refractivity contribution in [3.63, 3.8) is 0 Å². The normalized spacial score (nSPS) is 42.6. The highest BCUT2D eigenvalue weighted by molar-refractivity contribution is 5.94. The van der Waals surface area contributed by atoms with Gasteiger partial charge in [-0.05, 0) is 162 Å². The molecule has 8 aliphatic rings. The van der Waals surface area contributed by atoms with Crippen molar-refractivity contribution in [3.05, 3.63) is 71.8 Å². The standard InChI is InChI=1S/C35H52N2O5.C34H50N2O5/c1-22-15-18-37(6)21-26(22)31(39)36-32(40)42-28-20-33(4,19-25-11-9-8-10-12-25)30(38)24(3)35-16-13-23(2)34(28,5)29(35)27(41-7)14-17-35;1-21-14-17-36(6)20-25(21)30(39)35-31(40)41-27-19-32(4,18-24-10-8-7-9-11-24)29(38)23(3)34-15-12-22(2)33(27,5)28(34)26(37)13-16-34/h8-12,22-24,26-29H,13-21H2,1-7H3,(H,36,39,40);7-11,21-23,25,27-29,38H,12-20H2,1-6H3,(H,35,39,40)/t22-,23+,24-,26-,27+,28+,29?,33+,34-,35?;21-,22+,23-,25-,27+,28?,29-,32+,33-,34?/m00/s1. The Balaban J connectivity index is 0.000000200. The van der Waals surface area contributed by atoms with Gasteiger partial charge in [-0.2, -0.15) is 0 Å². The number of benzene rings is 2. The molecule has 8 fully saturated rings. The van der Waals surface area contributed by atoms with E-state index in [-0.39, 0.29) is 99.5 Å². The highest BCUT2D eigenvalue weighted by Crippen LogP contribution is 2.70. The van der Waals surface area contributed by atoms with E-state index >= 15 is 0 Å². The lowest BCUT2D eigenvalue weighted by molar-refractivity contribution is -0.198. The van der Waals surface area contributed by atoms with Gasteiger partial charge in [0.05, 0.1) is 24.0 Å². The number of imide groups is 2. The van der Waals surface area contributed by atoms with Crippen molar-refractivity contribution in [2.45, 2.75) is 184 Å². The van der Waals surface area contributed by atoms with Crippen LogP contribution in [0.4, 0.5) is 9.59 Å².